The zero-order valence-corrected chi connectivity index (χ0v) is 7.85. The highest BCUT2D eigenvalue weighted by Gasteiger charge is 2.47. The van der Waals surface area contributed by atoms with Gasteiger partial charge in [0.15, 0.2) is 5.78 Å². The summed E-state index contributed by atoms with van der Waals surface area (Å²) in [5, 5.41) is 0. The third-order valence-electron chi connectivity index (χ3n) is 3.48. The molecule has 2 aliphatic carbocycles. The average molecular weight is 162 g/mol. The maximum absolute atomic E-state index is 11.6. The highest BCUT2D eigenvalue weighted by Crippen LogP contribution is 2.51. The van der Waals surface area contributed by atoms with Crippen molar-refractivity contribution in [3.63, 3.8) is 0 Å². The molecule has 0 spiro atoms. The Labute approximate surface area is 73.2 Å². The number of allylic oxidation sites excluding steroid dienone is 4. The molecule has 0 aromatic heterocycles. The fraction of sp³-hybridized carbons (Fsp3) is 0.545. The van der Waals surface area contributed by atoms with Crippen molar-refractivity contribution in [3.8, 4) is 0 Å². The van der Waals surface area contributed by atoms with Crippen LogP contribution in [-0.4, -0.2) is 5.78 Å². The maximum Gasteiger partial charge on any atom is 0.163 e. The van der Waals surface area contributed by atoms with Gasteiger partial charge in [-0.05, 0) is 26.3 Å². The molecule has 0 saturated carbocycles. The number of fused-ring (bicyclic) bond motifs is 1. The highest BCUT2D eigenvalue weighted by molar-refractivity contribution is 5.99. The first-order chi connectivity index (χ1) is 5.55. The molecule has 2 unspecified atom stereocenters. The molecule has 2 rings (SSSR count). The first kappa shape index (κ1) is 7.78. The molecule has 64 valence electrons. The fourth-order valence-electron chi connectivity index (χ4n) is 2.50. The summed E-state index contributed by atoms with van der Waals surface area (Å²) in [6, 6.07) is 0. The predicted octanol–water partition coefficient (Wildman–Crippen LogP) is 2.49. The summed E-state index contributed by atoms with van der Waals surface area (Å²) in [5.41, 5.74) is 2.64. The van der Waals surface area contributed by atoms with Crippen LogP contribution in [0.2, 0.25) is 0 Å². The van der Waals surface area contributed by atoms with Gasteiger partial charge in [0.1, 0.15) is 0 Å². The zero-order valence-electron chi connectivity index (χ0n) is 7.85. The average Bonchev–Trinajstić information content (AvgIpc) is 2.38. The number of hydrogen-bond donors (Lipinski definition) is 0. The Morgan fingerprint density at radius 1 is 1.50 bits per heavy atom. The van der Waals surface area contributed by atoms with Crippen LogP contribution in [0, 0.1) is 11.3 Å². The lowest BCUT2D eigenvalue weighted by atomic mass is 9.76. The predicted molar refractivity (Wildman–Crippen MR) is 48.7 cm³/mol. The third-order valence-corrected chi connectivity index (χ3v) is 3.48. The van der Waals surface area contributed by atoms with Crippen LogP contribution in [0.1, 0.15) is 27.2 Å². The summed E-state index contributed by atoms with van der Waals surface area (Å²) in [6.07, 6.45) is 5.07. The summed E-state index contributed by atoms with van der Waals surface area (Å²) < 4.78 is 0. The molecule has 0 aromatic carbocycles. The fourth-order valence-corrected chi connectivity index (χ4v) is 2.50. The van der Waals surface area contributed by atoms with E-state index in [-0.39, 0.29) is 11.3 Å². The molecule has 0 amide bonds. The lowest BCUT2D eigenvalue weighted by Gasteiger charge is -2.26. The first-order valence-corrected chi connectivity index (χ1v) is 4.45. The molecule has 0 aliphatic heterocycles. The van der Waals surface area contributed by atoms with Gasteiger partial charge >= 0.3 is 0 Å². The molecule has 2 aliphatic rings. The second kappa shape index (κ2) is 2.09. The van der Waals surface area contributed by atoms with E-state index >= 15 is 0 Å². The van der Waals surface area contributed by atoms with E-state index in [0.717, 1.165) is 6.42 Å². The topological polar surface area (TPSA) is 17.1 Å². The summed E-state index contributed by atoms with van der Waals surface area (Å²) >= 11 is 0. The first-order valence-electron chi connectivity index (χ1n) is 4.45. The lowest BCUT2D eigenvalue weighted by molar-refractivity contribution is -0.117. The highest BCUT2D eigenvalue weighted by atomic mass is 16.1. The second-order valence-electron chi connectivity index (χ2n) is 4.23. The summed E-state index contributed by atoms with van der Waals surface area (Å²) in [4.78, 5) is 11.6. The number of carbonyl (C=O) groups excluding carboxylic acids is 1. The van der Waals surface area contributed by atoms with Crippen molar-refractivity contribution >= 4 is 5.78 Å². The Balaban J connectivity index is 2.47. The van der Waals surface area contributed by atoms with Gasteiger partial charge in [-0.3, -0.25) is 4.79 Å². The molecular weight excluding hydrogens is 148 g/mol. The van der Waals surface area contributed by atoms with E-state index in [1.165, 1.54) is 11.1 Å². The standard InChI is InChI=1S/C11H14O/c1-7-4-5-11(3)8(2)6-9(12)10(7)11/h4,6,10H,5H2,1-3H3. The van der Waals surface area contributed by atoms with Crippen LogP contribution in [0.15, 0.2) is 23.3 Å². The van der Waals surface area contributed by atoms with Gasteiger partial charge in [0, 0.05) is 5.41 Å². The molecule has 0 bridgehead atoms. The van der Waals surface area contributed by atoms with Crippen molar-refractivity contribution in [1.82, 2.24) is 0 Å². The van der Waals surface area contributed by atoms with E-state index in [9.17, 15) is 4.79 Å². The zero-order chi connectivity index (χ0) is 8.93. The van der Waals surface area contributed by atoms with Gasteiger partial charge in [0.25, 0.3) is 0 Å². The largest absolute Gasteiger partial charge is 0.294 e. The van der Waals surface area contributed by atoms with Crippen LogP contribution in [0.25, 0.3) is 0 Å². The van der Waals surface area contributed by atoms with Gasteiger partial charge in [-0.15, -0.1) is 0 Å². The van der Waals surface area contributed by atoms with Crippen LogP contribution in [0.4, 0.5) is 0 Å². The minimum atomic E-state index is 0.126. The third kappa shape index (κ3) is 0.715. The number of carbonyl (C=O) groups is 1. The van der Waals surface area contributed by atoms with Crippen molar-refractivity contribution in [2.75, 3.05) is 0 Å². The minimum absolute atomic E-state index is 0.126. The Kier molecular flexibility index (Phi) is 1.36. The van der Waals surface area contributed by atoms with Gasteiger partial charge in [0.2, 0.25) is 0 Å². The van der Waals surface area contributed by atoms with Crippen LogP contribution >= 0.6 is 0 Å². The second-order valence-corrected chi connectivity index (χ2v) is 4.23. The van der Waals surface area contributed by atoms with E-state index in [2.05, 4.69) is 26.8 Å². The molecule has 1 heteroatoms. The Morgan fingerprint density at radius 3 is 2.75 bits per heavy atom. The maximum atomic E-state index is 11.6. The quantitative estimate of drug-likeness (QED) is 0.500. The van der Waals surface area contributed by atoms with Gasteiger partial charge in [-0.1, -0.05) is 24.1 Å². The SMILES string of the molecule is CC1=CCC2(C)C(C)=CC(=O)C12. The van der Waals surface area contributed by atoms with E-state index in [4.69, 9.17) is 0 Å². The van der Waals surface area contributed by atoms with Crippen LogP contribution in [0.5, 0.6) is 0 Å². The number of ketones is 1. The molecule has 0 heterocycles. The normalized spacial score (nSPS) is 39.6. The molecule has 0 N–H and O–H groups in total. The van der Waals surface area contributed by atoms with Gasteiger partial charge < -0.3 is 0 Å². The smallest absolute Gasteiger partial charge is 0.163 e. The molecule has 0 aromatic rings. The van der Waals surface area contributed by atoms with Crippen molar-refractivity contribution in [1.29, 1.82) is 0 Å². The van der Waals surface area contributed by atoms with Crippen LogP contribution in [-0.2, 0) is 4.79 Å². The van der Waals surface area contributed by atoms with E-state index < -0.39 is 0 Å². The molecule has 2 atom stereocenters. The molecular formula is C11H14O. The van der Waals surface area contributed by atoms with Gasteiger partial charge in [-0.25, -0.2) is 0 Å². The van der Waals surface area contributed by atoms with Crippen molar-refractivity contribution in [2.24, 2.45) is 11.3 Å². The molecule has 12 heavy (non-hydrogen) atoms. The minimum Gasteiger partial charge on any atom is -0.294 e. The number of hydrogen-bond acceptors (Lipinski definition) is 1. The molecule has 1 nitrogen and oxygen atoms in total. The van der Waals surface area contributed by atoms with Gasteiger partial charge in [-0.2, -0.15) is 0 Å². The Hall–Kier alpha value is -0.850. The Morgan fingerprint density at radius 2 is 2.17 bits per heavy atom. The number of rotatable bonds is 0. The van der Waals surface area contributed by atoms with E-state index in [1.54, 1.807) is 0 Å². The molecule has 0 radical (unpaired) electrons. The van der Waals surface area contributed by atoms with Crippen molar-refractivity contribution in [3.05, 3.63) is 23.3 Å². The molecule has 0 saturated heterocycles. The van der Waals surface area contributed by atoms with Gasteiger partial charge in [0.05, 0.1) is 5.92 Å². The van der Waals surface area contributed by atoms with E-state index in [0.29, 0.717) is 5.78 Å². The summed E-state index contributed by atoms with van der Waals surface area (Å²) in [5.74, 6) is 0.471. The van der Waals surface area contributed by atoms with Crippen LogP contribution < -0.4 is 0 Å². The van der Waals surface area contributed by atoms with Crippen molar-refractivity contribution < 1.29 is 4.79 Å². The Bertz CT molecular complexity index is 309. The monoisotopic (exact) mass is 162 g/mol. The van der Waals surface area contributed by atoms with Crippen molar-refractivity contribution in [2.45, 2.75) is 27.2 Å². The lowest BCUT2D eigenvalue weighted by Crippen LogP contribution is -2.24. The summed E-state index contributed by atoms with van der Waals surface area (Å²) in [6.45, 7) is 6.34. The van der Waals surface area contributed by atoms with Crippen LogP contribution in [0.3, 0.4) is 0 Å². The molecule has 0 fully saturated rings. The van der Waals surface area contributed by atoms with E-state index in [1.807, 2.05) is 6.08 Å². The summed E-state index contributed by atoms with van der Waals surface area (Å²) in [7, 11) is 0.